The van der Waals surface area contributed by atoms with E-state index < -0.39 is 69.1 Å². The van der Waals surface area contributed by atoms with Gasteiger partial charge in [0.25, 0.3) is 0 Å². The number of halogens is 13. The van der Waals surface area contributed by atoms with Crippen LogP contribution in [0.3, 0.4) is 0 Å². The third kappa shape index (κ3) is 7.94. The second-order valence-electron chi connectivity index (χ2n) is 6.27. The Bertz CT molecular complexity index is 1180. The molecule has 0 fully saturated rings. The second kappa shape index (κ2) is 16.4. The fourth-order valence-corrected chi connectivity index (χ4v) is 2.71. The van der Waals surface area contributed by atoms with Gasteiger partial charge in [-0.25, -0.2) is 43.9 Å². The van der Waals surface area contributed by atoms with Crippen molar-refractivity contribution in [1.29, 1.82) is 0 Å². The quantitative estimate of drug-likeness (QED) is 0.0691. The van der Waals surface area contributed by atoms with Crippen LogP contribution in [0.4, 0.5) is 43.9 Å². The molecule has 0 bridgehead atoms. The third-order valence-electron chi connectivity index (χ3n) is 4.32. The van der Waals surface area contributed by atoms with Gasteiger partial charge in [0, 0.05) is 0 Å². The number of hydrogen-bond acceptors (Lipinski definition) is 0. The van der Waals surface area contributed by atoms with E-state index in [1.54, 1.807) is 0 Å². The van der Waals surface area contributed by atoms with Crippen molar-refractivity contribution in [3.63, 3.8) is 0 Å². The van der Waals surface area contributed by atoms with Gasteiger partial charge in [-0.15, -0.1) is 29.7 Å². The Morgan fingerprint density at radius 2 is 0.811 bits per heavy atom. The normalized spacial score (nSPS) is 9.35. The molecule has 4 rings (SSSR count). The van der Waals surface area contributed by atoms with Crippen molar-refractivity contribution in [3.8, 4) is 0 Å². The molecule has 4 aromatic carbocycles. The molecule has 0 aliphatic heterocycles. The molecule has 0 nitrogen and oxygen atoms in total. The average Bonchev–Trinajstić information content (AvgIpc) is 3.28. The molecule has 0 aromatic heterocycles. The van der Waals surface area contributed by atoms with E-state index in [0.717, 1.165) is 0 Å². The summed E-state index contributed by atoms with van der Waals surface area (Å²) in [5, 5.41) is 2.66. The minimum atomic E-state index is -2.55. The Hall–Kier alpha value is -1.61. The second-order valence-corrected chi connectivity index (χ2v) is 6.27. The molecule has 0 unspecified atom stereocenters. The summed E-state index contributed by atoms with van der Waals surface area (Å²) in [4.78, 5) is 0. The van der Waals surface area contributed by atoms with Crippen LogP contribution in [-0.4, -0.2) is 7.28 Å². The average molecular weight is 673 g/mol. The van der Waals surface area contributed by atoms with E-state index in [0.29, 0.717) is 0 Å². The Labute approximate surface area is 243 Å². The molecule has 4 aromatic rings. The van der Waals surface area contributed by atoms with Crippen LogP contribution in [0.15, 0.2) is 42.5 Å². The molecular formula is C22H10BCl3F10Zr-3. The first-order chi connectivity index (χ1) is 15.1. The number of benzene rings is 3. The van der Waals surface area contributed by atoms with Gasteiger partial charge in [0.2, 0.25) is 7.28 Å². The van der Waals surface area contributed by atoms with Crippen molar-refractivity contribution in [3.05, 3.63) is 108 Å². The van der Waals surface area contributed by atoms with Gasteiger partial charge in [-0.1, -0.05) is 6.07 Å². The van der Waals surface area contributed by atoms with Gasteiger partial charge in [0.1, 0.15) is 0 Å². The van der Waals surface area contributed by atoms with Crippen LogP contribution in [-0.2, 0) is 26.2 Å². The first kappa shape index (κ1) is 39.9. The summed E-state index contributed by atoms with van der Waals surface area (Å²) in [5.74, 6) is -24.9. The Morgan fingerprint density at radius 1 is 0.486 bits per heavy atom. The Morgan fingerprint density at radius 3 is 1.16 bits per heavy atom. The number of rotatable bonds is 2. The molecule has 199 valence electrons. The maximum absolute atomic E-state index is 13.4. The summed E-state index contributed by atoms with van der Waals surface area (Å²) in [6.45, 7) is 0. The van der Waals surface area contributed by atoms with Crippen LogP contribution in [0, 0.1) is 65.6 Å². The van der Waals surface area contributed by atoms with E-state index in [4.69, 9.17) is 0 Å². The van der Waals surface area contributed by atoms with Gasteiger partial charge in [-0.2, -0.15) is 17.5 Å². The predicted molar refractivity (Wildman–Crippen MR) is 103 cm³/mol. The van der Waals surface area contributed by atoms with E-state index in [2.05, 4.69) is 42.5 Å². The third-order valence-corrected chi connectivity index (χ3v) is 4.32. The van der Waals surface area contributed by atoms with Crippen LogP contribution in [0.5, 0.6) is 0 Å². The molecule has 0 saturated carbocycles. The van der Waals surface area contributed by atoms with Crippen molar-refractivity contribution in [2.45, 2.75) is 0 Å². The van der Waals surface area contributed by atoms with E-state index >= 15 is 0 Å². The first-order valence-electron chi connectivity index (χ1n) is 8.54. The summed E-state index contributed by atoms with van der Waals surface area (Å²) in [6, 6.07) is 14.7. The summed E-state index contributed by atoms with van der Waals surface area (Å²) >= 11 is 0. The summed E-state index contributed by atoms with van der Waals surface area (Å²) in [6.07, 6.45) is 0. The van der Waals surface area contributed by atoms with Gasteiger partial charge in [0.15, 0.2) is 58.2 Å². The van der Waals surface area contributed by atoms with Crippen LogP contribution >= 0.6 is 0 Å². The van der Waals surface area contributed by atoms with Gasteiger partial charge >= 0.3 is 26.2 Å². The van der Waals surface area contributed by atoms with Crippen LogP contribution in [0.1, 0.15) is 0 Å². The van der Waals surface area contributed by atoms with Crippen molar-refractivity contribution >= 4 is 29.0 Å². The van der Waals surface area contributed by atoms with Crippen molar-refractivity contribution in [1.82, 2.24) is 0 Å². The summed E-state index contributed by atoms with van der Waals surface area (Å²) < 4.78 is 131. The molecule has 0 heterocycles. The largest absolute Gasteiger partial charge is 2.00 e. The fourth-order valence-electron chi connectivity index (χ4n) is 2.71. The van der Waals surface area contributed by atoms with Crippen molar-refractivity contribution in [2.75, 3.05) is 0 Å². The molecule has 0 saturated heterocycles. The molecule has 37 heavy (non-hydrogen) atoms. The molecule has 0 aliphatic rings. The fraction of sp³-hybridized carbons (Fsp3) is 0. The van der Waals surface area contributed by atoms with Gasteiger partial charge in [-0.05, 0) is 10.9 Å². The Balaban J connectivity index is -0.000000704. The van der Waals surface area contributed by atoms with Crippen LogP contribution < -0.4 is 48.1 Å². The smallest absolute Gasteiger partial charge is 1.00 e. The molecule has 0 spiro atoms. The SMILES string of the molecule is Fc1c(F)c(F)c([B]c2c(F)c(F)c(F)c(F)c2F)c(F)c1F.[CH3-].[Cl-].[Cl-].[Cl-].[Zr+2].c1ccc2[cH-]ccc2c1. The molecule has 0 atom stereocenters. The van der Waals surface area contributed by atoms with E-state index in [1.165, 1.54) is 10.8 Å². The van der Waals surface area contributed by atoms with Crippen LogP contribution in [0.25, 0.3) is 10.8 Å². The van der Waals surface area contributed by atoms with Crippen LogP contribution in [0.2, 0.25) is 0 Å². The van der Waals surface area contributed by atoms with E-state index in [9.17, 15) is 43.9 Å². The maximum atomic E-state index is 13.4. The zero-order valence-electron chi connectivity index (χ0n) is 18.0. The summed E-state index contributed by atoms with van der Waals surface area (Å²) in [5.41, 5.74) is -3.71. The monoisotopic (exact) mass is 670 g/mol. The van der Waals surface area contributed by atoms with E-state index in [-0.39, 0.29) is 78.1 Å². The van der Waals surface area contributed by atoms with E-state index in [1.807, 2.05) is 0 Å². The van der Waals surface area contributed by atoms with Crippen molar-refractivity contribution < 1.29 is 107 Å². The topological polar surface area (TPSA) is 0 Å². The maximum Gasteiger partial charge on any atom is 2.00 e. The minimum Gasteiger partial charge on any atom is -1.00 e. The molecule has 0 amide bonds. The zero-order chi connectivity index (χ0) is 23.7. The summed E-state index contributed by atoms with van der Waals surface area (Å²) in [7, 11) is -0.369. The predicted octanol–water partition coefficient (Wildman–Crippen LogP) is -3.25. The molecule has 1 radical (unpaired) electrons. The van der Waals surface area contributed by atoms with Gasteiger partial charge in [0.05, 0.1) is 0 Å². The molecular weight excluding hydrogens is 663 g/mol. The molecule has 0 N–H and O–H groups in total. The van der Waals surface area contributed by atoms with Crippen molar-refractivity contribution in [2.24, 2.45) is 0 Å². The molecule has 15 heteroatoms. The first-order valence-corrected chi connectivity index (χ1v) is 8.54. The zero-order valence-corrected chi connectivity index (χ0v) is 22.8. The molecule has 0 aliphatic carbocycles. The standard InChI is InChI=1S/C12BF10.C9H7.CH3.3ClH.Zr/c14-3-1(4(15)8(19)11(22)7(3)18)13-2-5(16)9(20)12(23)10(21)6(2)17;1-2-5-9-7-3-6-8(9)4-1;;;;;/h;1-7H;1H3;3*1H;/q;2*-1;;;;+2/p-3. The number of hydrogen-bond donors (Lipinski definition) is 0. The number of fused-ring (bicyclic) bond motifs is 1. The minimum absolute atomic E-state index is 0. The van der Waals surface area contributed by atoms with Gasteiger partial charge < -0.3 is 44.6 Å². The van der Waals surface area contributed by atoms with Gasteiger partial charge in [-0.3, -0.25) is 0 Å². The Kier molecular flexibility index (Phi) is 17.7.